The Morgan fingerprint density at radius 1 is 0.938 bits per heavy atom. The van der Waals surface area contributed by atoms with E-state index in [1.807, 2.05) is 40.1 Å². The zero-order valence-corrected chi connectivity index (χ0v) is 18.6. The van der Waals surface area contributed by atoms with Crippen molar-refractivity contribution in [1.29, 1.82) is 0 Å². The third kappa shape index (κ3) is 5.52. The van der Waals surface area contributed by atoms with Crippen LogP contribution >= 0.6 is 0 Å². The molecule has 4 rings (SSSR count). The zero-order valence-electron chi connectivity index (χ0n) is 18.6. The zero-order chi connectivity index (χ0) is 22.3. The number of piperazine rings is 1. The number of amides is 2. The molecule has 0 aromatic heterocycles. The molecular formula is C25H31N3O4. The summed E-state index contributed by atoms with van der Waals surface area (Å²) in [6, 6.07) is 17.8. The maximum absolute atomic E-state index is 12.8. The molecular weight excluding hydrogens is 406 g/mol. The highest BCUT2D eigenvalue weighted by molar-refractivity contribution is 5.80. The van der Waals surface area contributed by atoms with Gasteiger partial charge >= 0.3 is 0 Å². The summed E-state index contributed by atoms with van der Waals surface area (Å²) in [4.78, 5) is 31.6. The monoisotopic (exact) mass is 437 g/mol. The number of carbonyl (C=O) groups excluding carboxylic acids is 2. The first kappa shape index (κ1) is 22.0. The second-order valence-corrected chi connectivity index (χ2v) is 8.21. The molecule has 2 fully saturated rings. The van der Waals surface area contributed by atoms with Crippen LogP contribution in [0.1, 0.15) is 19.3 Å². The van der Waals surface area contributed by atoms with Crippen molar-refractivity contribution >= 4 is 17.5 Å². The average Bonchev–Trinajstić information content (AvgIpc) is 3.69. The number of hydrogen-bond acceptors (Lipinski definition) is 5. The second kappa shape index (κ2) is 10.4. The van der Waals surface area contributed by atoms with Gasteiger partial charge in [0.25, 0.3) is 5.91 Å². The summed E-state index contributed by atoms with van der Waals surface area (Å²) in [6.07, 6.45) is 2.33. The van der Waals surface area contributed by atoms with E-state index in [0.29, 0.717) is 37.6 Å². The van der Waals surface area contributed by atoms with Gasteiger partial charge in [-0.1, -0.05) is 30.3 Å². The molecule has 0 unspecified atom stereocenters. The minimum absolute atomic E-state index is 0.0547. The van der Waals surface area contributed by atoms with E-state index >= 15 is 0 Å². The van der Waals surface area contributed by atoms with E-state index in [-0.39, 0.29) is 24.5 Å². The van der Waals surface area contributed by atoms with E-state index in [1.54, 1.807) is 19.2 Å². The molecule has 0 bridgehead atoms. The fraction of sp³-hybridized carbons (Fsp3) is 0.440. The molecule has 0 atom stereocenters. The maximum atomic E-state index is 12.8. The average molecular weight is 438 g/mol. The molecule has 2 aromatic rings. The van der Waals surface area contributed by atoms with E-state index in [4.69, 9.17) is 9.47 Å². The Morgan fingerprint density at radius 2 is 1.59 bits per heavy atom. The number of para-hydroxylation sites is 3. The quantitative estimate of drug-likeness (QED) is 0.604. The van der Waals surface area contributed by atoms with Crippen LogP contribution in [0.5, 0.6) is 11.5 Å². The molecule has 0 spiro atoms. The molecule has 0 radical (unpaired) electrons. The third-order valence-corrected chi connectivity index (χ3v) is 6.05. The van der Waals surface area contributed by atoms with Crippen molar-refractivity contribution < 1.29 is 19.1 Å². The van der Waals surface area contributed by atoms with Crippen molar-refractivity contribution in [2.45, 2.75) is 25.3 Å². The van der Waals surface area contributed by atoms with Gasteiger partial charge in [-0.05, 0) is 37.1 Å². The normalized spacial score (nSPS) is 15.9. The predicted molar refractivity (Wildman–Crippen MR) is 123 cm³/mol. The Kier molecular flexibility index (Phi) is 7.14. The SMILES string of the molecule is COc1ccccc1OCC(=O)N(CCC(=O)N1CCN(c2ccccc2)CC1)C1CC1. The number of hydrogen-bond donors (Lipinski definition) is 0. The molecule has 1 aliphatic heterocycles. The molecule has 1 aliphatic carbocycles. The standard InChI is InChI=1S/C25H31N3O4/c1-31-22-9-5-6-10-23(22)32-19-25(30)28(21-11-12-21)14-13-24(29)27-17-15-26(16-18-27)20-7-3-2-4-8-20/h2-10,21H,11-19H2,1H3. The highest BCUT2D eigenvalue weighted by Crippen LogP contribution is 2.29. The van der Waals surface area contributed by atoms with Crippen molar-refractivity contribution in [3.05, 3.63) is 54.6 Å². The molecule has 32 heavy (non-hydrogen) atoms. The third-order valence-electron chi connectivity index (χ3n) is 6.05. The lowest BCUT2D eigenvalue weighted by Gasteiger charge is -2.36. The molecule has 2 aliphatic rings. The molecule has 1 heterocycles. The maximum Gasteiger partial charge on any atom is 0.260 e. The van der Waals surface area contributed by atoms with Crippen molar-refractivity contribution in [3.63, 3.8) is 0 Å². The van der Waals surface area contributed by atoms with Crippen LogP contribution in [0.15, 0.2) is 54.6 Å². The van der Waals surface area contributed by atoms with Gasteiger partial charge in [-0.2, -0.15) is 0 Å². The van der Waals surface area contributed by atoms with E-state index < -0.39 is 0 Å². The lowest BCUT2D eigenvalue weighted by Crippen LogP contribution is -2.49. The second-order valence-electron chi connectivity index (χ2n) is 8.21. The van der Waals surface area contributed by atoms with E-state index in [0.717, 1.165) is 25.9 Å². The highest BCUT2D eigenvalue weighted by Gasteiger charge is 2.33. The fourth-order valence-electron chi connectivity index (χ4n) is 4.08. The van der Waals surface area contributed by atoms with Crippen LogP contribution in [-0.2, 0) is 9.59 Å². The van der Waals surface area contributed by atoms with E-state index in [1.165, 1.54) is 5.69 Å². The minimum Gasteiger partial charge on any atom is -0.493 e. The Balaban J connectivity index is 1.25. The van der Waals surface area contributed by atoms with Crippen molar-refractivity contribution in [2.75, 3.05) is 51.3 Å². The summed E-state index contributed by atoms with van der Waals surface area (Å²) < 4.78 is 11.0. The Hall–Kier alpha value is -3.22. The van der Waals surface area contributed by atoms with Gasteiger partial charge in [-0.15, -0.1) is 0 Å². The van der Waals surface area contributed by atoms with Crippen LogP contribution in [0.2, 0.25) is 0 Å². The highest BCUT2D eigenvalue weighted by atomic mass is 16.5. The smallest absolute Gasteiger partial charge is 0.260 e. The van der Waals surface area contributed by atoms with Gasteiger partial charge in [-0.3, -0.25) is 9.59 Å². The number of anilines is 1. The van der Waals surface area contributed by atoms with Gasteiger partial charge in [0.15, 0.2) is 18.1 Å². The van der Waals surface area contributed by atoms with Crippen molar-refractivity contribution in [1.82, 2.24) is 9.80 Å². The fourth-order valence-corrected chi connectivity index (χ4v) is 4.08. The van der Waals surface area contributed by atoms with Crippen LogP contribution in [0.3, 0.4) is 0 Å². The Bertz CT molecular complexity index is 908. The first-order valence-electron chi connectivity index (χ1n) is 11.3. The first-order valence-corrected chi connectivity index (χ1v) is 11.3. The number of nitrogens with zero attached hydrogens (tertiary/aromatic N) is 3. The van der Waals surface area contributed by atoms with Gasteiger partial charge in [-0.25, -0.2) is 0 Å². The summed E-state index contributed by atoms with van der Waals surface area (Å²) in [7, 11) is 1.58. The molecule has 2 aromatic carbocycles. The van der Waals surface area contributed by atoms with Gasteiger partial charge < -0.3 is 24.2 Å². The van der Waals surface area contributed by atoms with E-state index in [9.17, 15) is 9.59 Å². The van der Waals surface area contributed by atoms with Gasteiger partial charge in [0.2, 0.25) is 5.91 Å². The first-order chi connectivity index (χ1) is 15.7. The number of carbonyl (C=O) groups is 2. The number of benzene rings is 2. The summed E-state index contributed by atoms with van der Waals surface area (Å²) in [6.45, 7) is 3.46. The number of ether oxygens (including phenoxy) is 2. The number of rotatable bonds is 9. The molecule has 1 saturated carbocycles. The lowest BCUT2D eigenvalue weighted by atomic mass is 10.2. The van der Waals surface area contributed by atoms with Gasteiger partial charge in [0, 0.05) is 50.9 Å². The van der Waals surface area contributed by atoms with Crippen LogP contribution in [0.25, 0.3) is 0 Å². The summed E-state index contributed by atoms with van der Waals surface area (Å²) in [5, 5.41) is 0. The van der Waals surface area contributed by atoms with Crippen molar-refractivity contribution in [3.8, 4) is 11.5 Å². The molecule has 7 nitrogen and oxygen atoms in total. The molecule has 7 heteroatoms. The van der Waals surface area contributed by atoms with E-state index in [2.05, 4.69) is 17.0 Å². The van der Waals surface area contributed by atoms with Crippen LogP contribution < -0.4 is 14.4 Å². The van der Waals surface area contributed by atoms with Crippen LogP contribution in [0, 0.1) is 0 Å². The Morgan fingerprint density at radius 3 is 2.25 bits per heavy atom. The predicted octanol–water partition coefficient (Wildman–Crippen LogP) is 2.80. The topological polar surface area (TPSA) is 62.3 Å². The minimum atomic E-state index is -0.0832. The van der Waals surface area contributed by atoms with Crippen LogP contribution in [0.4, 0.5) is 5.69 Å². The summed E-state index contributed by atoms with van der Waals surface area (Å²) in [5.74, 6) is 1.18. The number of methoxy groups -OCH3 is 1. The van der Waals surface area contributed by atoms with Crippen molar-refractivity contribution in [2.24, 2.45) is 0 Å². The van der Waals surface area contributed by atoms with Gasteiger partial charge in [0.05, 0.1) is 7.11 Å². The van der Waals surface area contributed by atoms with Crippen LogP contribution in [-0.4, -0.2) is 74.1 Å². The largest absolute Gasteiger partial charge is 0.493 e. The lowest BCUT2D eigenvalue weighted by molar-refractivity contribution is -0.136. The van der Waals surface area contributed by atoms with Gasteiger partial charge in [0.1, 0.15) is 0 Å². The molecule has 0 N–H and O–H groups in total. The summed E-state index contributed by atoms with van der Waals surface area (Å²) >= 11 is 0. The summed E-state index contributed by atoms with van der Waals surface area (Å²) in [5.41, 5.74) is 1.19. The Labute approximate surface area is 189 Å². The molecule has 1 saturated heterocycles. The molecule has 2 amide bonds. The molecule has 170 valence electrons.